The summed E-state index contributed by atoms with van der Waals surface area (Å²) >= 11 is 0. The van der Waals surface area contributed by atoms with Gasteiger partial charge < -0.3 is 15.0 Å². The van der Waals surface area contributed by atoms with E-state index >= 15 is 0 Å². The van der Waals surface area contributed by atoms with Gasteiger partial charge in [0, 0.05) is 19.8 Å². The number of piperazine rings is 1. The monoisotopic (exact) mass is 282 g/mol. The number of amides is 2. The largest absolute Gasteiger partial charge is 0.381 e. The third-order valence-electron chi connectivity index (χ3n) is 4.27. The molecule has 0 saturated carbocycles. The van der Waals surface area contributed by atoms with Gasteiger partial charge in [0.15, 0.2) is 0 Å². The molecule has 2 rings (SSSR count). The lowest BCUT2D eigenvalue weighted by atomic mass is 9.91. The summed E-state index contributed by atoms with van der Waals surface area (Å²) in [4.78, 5) is 26.7. The fourth-order valence-corrected chi connectivity index (χ4v) is 3.06. The van der Waals surface area contributed by atoms with Gasteiger partial charge in [0.05, 0.1) is 0 Å². The summed E-state index contributed by atoms with van der Waals surface area (Å²) in [5.41, 5.74) is -0.785. The molecule has 5 heteroatoms. The van der Waals surface area contributed by atoms with Crippen LogP contribution in [0.15, 0.2) is 0 Å². The van der Waals surface area contributed by atoms with Crippen molar-refractivity contribution in [2.45, 2.75) is 58.0 Å². The first-order chi connectivity index (χ1) is 9.45. The maximum Gasteiger partial charge on any atom is 0.248 e. The van der Waals surface area contributed by atoms with Crippen LogP contribution in [-0.4, -0.2) is 48.1 Å². The van der Waals surface area contributed by atoms with Crippen molar-refractivity contribution >= 4 is 11.8 Å². The second kappa shape index (κ2) is 6.12. The molecule has 2 aliphatic heterocycles. The van der Waals surface area contributed by atoms with Crippen LogP contribution in [-0.2, 0) is 14.3 Å². The molecule has 2 amide bonds. The second-order valence-electron chi connectivity index (χ2n) is 6.43. The van der Waals surface area contributed by atoms with Crippen molar-refractivity contribution < 1.29 is 14.3 Å². The fraction of sp³-hybridized carbons (Fsp3) is 0.867. The van der Waals surface area contributed by atoms with Gasteiger partial charge in [-0.15, -0.1) is 0 Å². The van der Waals surface area contributed by atoms with Crippen LogP contribution in [0.5, 0.6) is 0 Å². The van der Waals surface area contributed by atoms with Crippen molar-refractivity contribution in [3.05, 3.63) is 0 Å². The Morgan fingerprint density at radius 2 is 1.95 bits per heavy atom. The highest BCUT2D eigenvalue weighted by atomic mass is 16.5. The minimum Gasteiger partial charge on any atom is -0.381 e. The smallest absolute Gasteiger partial charge is 0.248 e. The number of nitrogens with one attached hydrogen (secondary N) is 1. The van der Waals surface area contributed by atoms with Gasteiger partial charge in [0.25, 0.3) is 0 Å². The molecule has 2 heterocycles. The Hall–Kier alpha value is -1.10. The van der Waals surface area contributed by atoms with E-state index in [1.165, 1.54) is 0 Å². The third-order valence-corrected chi connectivity index (χ3v) is 4.27. The molecule has 2 saturated heterocycles. The lowest BCUT2D eigenvalue weighted by Gasteiger charge is -2.44. The van der Waals surface area contributed by atoms with Crippen LogP contribution in [0.1, 0.15) is 46.5 Å². The van der Waals surface area contributed by atoms with Gasteiger partial charge in [-0.3, -0.25) is 9.59 Å². The molecule has 1 N–H and O–H groups in total. The third kappa shape index (κ3) is 3.14. The van der Waals surface area contributed by atoms with Crippen molar-refractivity contribution in [3.63, 3.8) is 0 Å². The van der Waals surface area contributed by atoms with Gasteiger partial charge in [-0.05, 0) is 39.0 Å². The van der Waals surface area contributed by atoms with Crippen molar-refractivity contribution in [2.24, 2.45) is 5.92 Å². The summed E-state index contributed by atoms with van der Waals surface area (Å²) in [7, 11) is 0. The van der Waals surface area contributed by atoms with Gasteiger partial charge in [0.2, 0.25) is 11.8 Å². The van der Waals surface area contributed by atoms with Crippen LogP contribution in [0.25, 0.3) is 0 Å². The van der Waals surface area contributed by atoms with Crippen LogP contribution in [0.3, 0.4) is 0 Å². The molecule has 2 aliphatic rings. The lowest BCUT2D eigenvalue weighted by Crippen LogP contribution is -2.68. The zero-order valence-electron chi connectivity index (χ0n) is 12.8. The Kier molecular flexibility index (Phi) is 4.68. The van der Waals surface area contributed by atoms with Crippen molar-refractivity contribution in [1.29, 1.82) is 0 Å². The normalized spacial score (nSPS) is 27.6. The van der Waals surface area contributed by atoms with Crippen LogP contribution >= 0.6 is 0 Å². The van der Waals surface area contributed by atoms with Gasteiger partial charge in [-0.1, -0.05) is 13.3 Å². The average Bonchev–Trinajstić information content (AvgIpc) is 2.41. The predicted octanol–water partition coefficient (Wildman–Crippen LogP) is 1.32. The number of nitrogens with zero attached hydrogens (tertiary/aromatic N) is 1. The summed E-state index contributed by atoms with van der Waals surface area (Å²) in [5.74, 6) is 0.485. The Balaban J connectivity index is 2.13. The Bertz CT molecular complexity index is 375. The van der Waals surface area contributed by atoms with Crippen molar-refractivity contribution in [3.8, 4) is 0 Å². The van der Waals surface area contributed by atoms with E-state index in [1.807, 2.05) is 11.8 Å². The number of carbonyl (C=O) groups is 2. The fourth-order valence-electron chi connectivity index (χ4n) is 3.06. The standard InChI is InChI=1S/C15H26N2O3/c1-4-5-12-13(18)16-15(2,3)14(19)17(12)10-11-6-8-20-9-7-11/h11-12H,4-10H2,1-3H3,(H,16,18). The second-order valence-corrected chi connectivity index (χ2v) is 6.43. The number of rotatable bonds is 4. The molecular formula is C15H26N2O3. The number of carbonyl (C=O) groups excluding carboxylic acids is 2. The molecule has 114 valence electrons. The summed E-state index contributed by atoms with van der Waals surface area (Å²) in [6.45, 7) is 7.83. The zero-order valence-corrected chi connectivity index (χ0v) is 12.8. The Morgan fingerprint density at radius 3 is 2.55 bits per heavy atom. The highest BCUT2D eigenvalue weighted by Gasteiger charge is 2.45. The first-order valence-corrected chi connectivity index (χ1v) is 7.66. The Labute approximate surface area is 121 Å². The number of hydrogen-bond acceptors (Lipinski definition) is 3. The highest BCUT2D eigenvalue weighted by molar-refractivity contribution is 5.99. The topological polar surface area (TPSA) is 58.6 Å². The molecule has 2 fully saturated rings. The predicted molar refractivity (Wildman–Crippen MR) is 76.2 cm³/mol. The molecule has 0 radical (unpaired) electrons. The molecule has 0 aliphatic carbocycles. The number of ether oxygens (including phenoxy) is 1. The lowest BCUT2D eigenvalue weighted by molar-refractivity contribution is -0.155. The first kappa shape index (κ1) is 15.3. The zero-order chi connectivity index (χ0) is 14.8. The van der Waals surface area contributed by atoms with Crippen molar-refractivity contribution in [1.82, 2.24) is 10.2 Å². The molecule has 0 aromatic rings. The quantitative estimate of drug-likeness (QED) is 0.846. The Morgan fingerprint density at radius 1 is 1.30 bits per heavy atom. The van der Waals surface area contributed by atoms with Crippen LogP contribution in [0.4, 0.5) is 0 Å². The van der Waals surface area contributed by atoms with Crippen LogP contribution in [0, 0.1) is 5.92 Å². The van der Waals surface area contributed by atoms with E-state index < -0.39 is 5.54 Å². The van der Waals surface area contributed by atoms with E-state index in [9.17, 15) is 9.59 Å². The summed E-state index contributed by atoms with van der Waals surface area (Å²) in [6.07, 6.45) is 3.59. The SMILES string of the molecule is CCCC1C(=O)NC(C)(C)C(=O)N1CC1CCOCC1. The average molecular weight is 282 g/mol. The van der Waals surface area contributed by atoms with E-state index in [0.717, 1.165) is 38.9 Å². The molecule has 1 atom stereocenters. The van der Waals surface area contributed by atoms with Gasteiger partial charge in [-0.25, -0.2) is 0 Å². The number of hydrogen-bond donors (Lipinski definition) is 1. The molecular weight excluding hydrogens is 256 g/mol. The summed E-state index contributed by atoms with van der Waals surface area (Å²) in [5, 5.41) is 2.85. The minimum absolute atomic E-state index is 0.0106. The van der Waals surface area contributed by atoms with E-state index in [1.54, 1.807) is 13.8 Å². The van der Waals surface area contributed by atoms with Crippen LogP contribution < -0.4 is 5.32 Å². The van der Waals surface area contributed by atoms with E-state index in [4.69, 9.17) is 4.74 Å². The molecule has 0 aromatic heterocycles. The van der Waals surface area contributed by atoms with E-state index in [-0.39, 0.29) is 17.9 Å². The summed E-state index contributed by atoms with van der Waals surface area (Å²) < 4.78 is 5.37. The maximum absolute atomic E-state index is 12.6. The summed E-state index contributed by atoms with van der Waals surface area (Å²) in [6, 6.07) is -0.302. The van der Waals surface area contributed by atoms with Crippen molar-refractivity contribution in [2.75, 3.05) is 19.8 Å². The van der Waals surface area contributed by atoms with E-state index in [2.05, 4.69) is 5.32 Å². The van der Waals surface area contributed by atoms with Gasteiger partial charge >= 0.3 is 0 Å². The van der Waals surface area contributed by atoms with Gasteiger partial charge in [0.1, 0.15) is 11.6 Å². The van der Waals surface area contributed by atoms with Gasteiger partial charge in [-0.2, -0.15) is 0 Å². The maximum atomic E-state index is 12.6. The molecule has 0 bridgehead atoms. The highest BCUT2D eigenvalue weighted by Crippen LogP contribution is 2.25. The molecule has 1 unspecified atom stereocenters. The van der Waals surface area contributed by atoms with Crippen LogP contribution in [0.2, 0.25) is 0 Å². The molecule has 0 spiro atoms. The minimum atomic E-state index is -0.785. The molecule has 0 aromatic carbocycles. The molecule has 5 nitrogen and oxygen atoms in total. The molecule has 20 heavy (non-hydrogen) atoms. The van der Waals surface area contributed by atoms with E-state index in [0.29, 0.717) is 12.5 Å². The first-order valence-electron chi connectivity index (χ1n) is 7.66.